The van der Waals surface area contributed by atoms with Gasteiger partial charge in [0.05, 0.1) is 60.8 Å². The molecule has 2 aromatic rings. The summed E-state index contributed by atoms with van der Waals surface area (Å²) < 4.78 is 47.9. The van der Waals surface area contributed by atoms with Crippen molar-refractivity contribution in [2.24, 2.45) is 57.3 Å². The first-order valence-electron chi connectivity index (χ1n) is 29.8. The zero-order valence-electron chi connectivity index (χ0n) is 48.4. The number of aliphatic hydroxyl groups is 8. The van der Waals surface area contributed by atoms with E-state index in [1.165, 1.54) is 0 Å². The highest BCUT2D eigenvalue weighted by molar-refractivity contribution is 6.06. The van der Waals surface area contributed by atoms with Gasteiger partial charge < -0.3 is 157 Å². The Bertz CT molecular complexity index is 2500. The summed E-state index contributed by atoms with van der Waals surface area (Å²) in [6.45, 7) is 0.940. The van der Waals surface area contributed by atoms with Crippen molar-refractivity contribution >= 4 is 11.8 Å². The molecule has 2 saturated carbocycles. The molecule has 32 nitrogen and oxygen atoms in total. The Morgan fingerprint density at radius 1 is 0.425 bits per heavy atom. The Balaban J connectivity index is 0.777. The van der Waals surface area contributed by atoms with Crippen LogP contribution in [0.3, 0.4) is 0 Å². The molecule has 6 fully saturated rings. The number of nitrogens with two attached hydrogens (primary N) is 10. The van der Waals surface area contributed by atoms with Crippen molar-refractivity contribution < 1.29 is 88.3 Å². The lowest BCUT2D eigenvalue weighted by Crippen LogP contribution is -2.68. The number of hydrogen-bond donors (Lipinski definition) is 22. The maximum absolute atomic E-state index is 13.8. The predicted octanol–water partition coefficient (Wildman–Crippen LogP) is -10.2. The van der Waals surface area contributed by atoms with E-state index in [1.54, 1.807) is 48.5 Å². The highest BCUT2D eigenvalue weighted by atomic mass is 16.7. The summed E-state index contributed by atoms with van der Waals surface area (Å²) in [5.74, 6) is -0.829. The van der Waals surface area contributed by atoms with Gasteiger partial charge in [-0.25, -0.2) is 0 Å². The number of nitrogens with one attached hydrogen (secondary N) is 4. The lowest BCUT2D eigenvalue weighted by atomic mass is 9.84. The quantitative estimate of drug-likeness (QED) is 0.0434. The van der Waals surface area contributed by atoms with Crippen molar-refractivity contribution in [3.63, 3.8) is 0 Å². The van der Waals surface area contributed by atoms with Crippen molar-refractivity contribution in [1.82, 2.24) is 21.3 Å². The minimum Gasteiger partial charge on any atom is -0.390 e. The van der Waals surface area contributed by atoms with Gasteiger partial charge in [-0.3, -0.25) is 9.59 Å². The van der Waals surface area contributed by atoms with Gasteiger partial charge in [-0.2, -0.15) is 0 Å². The topological polar surface area (TPSA) is 578 Å². The summed E-state index contributed by atoms with van der Waals surface area (Å²) in [6.07, 6.45) is -22.5. The molecule has 32 heteroatoms. The number of amides is 2. The SMILES string of the molecule is NCC1OC(OC2C(N)CC(N)C(OC3OC(CNCCCNC(=O)c4ccccc4-c4ccccc4C(=O)NCCNCC4OC(OC5C(N)CC(N)C(OC6OC(CN)C(O)CC6N)C5O)C(O)C(N)C4O)C(O)C(N)C3O)C2O)C(N)CC1O. The smallest absolute Gasteiger partial charge is 0.251 e. The van der Waals surface area contributed by atoms with Gasteiger partial charge in [-0.05, 0) is 61.9 Å². The Labute approximate surface area is 503 Å². The van der Waals surface area contributed by atoms with E-state index in [9.17, 15) is 50.4 Å². The van der Waals surface area contributed by atoms with Crippen molar-refractivity contribution in [3.05, 3.63) is 59.7 Å². The van der Waals surface area contributed by atoms with E-state index in [0.29, 0.717) is 35.2 Å². The number of benzene rings is 2. The fraction of sp³-hybridized carbons (Fsp3) is 0.745. The van der Waals surface area contributed by atoms with Crippen LogP contribution in [0, 0.1) is 0 Å². The standard InChI is InChI=1S/C55H94N14O18/c56-18-34-32(70)16-30(62)52(80-34)84-46-26(58)14-28(60)48(44(46)76)86-54-42(74)38(64)40(72)36(82-54)20-66-10-5-11-68-50(78)24-8-3-1-6-22(24)23-7-2-4-9-25(23)51(79)69-13-12-67-21-37-41(73)39(65)43(75)55(83-37)87-49-29(61)15-27(59)47(45(49)77)85-53-31(63)17-33(71)35(19-57)81-53/h1-4,6-9,26-49,52-55,66-67,70-77H,5,10-21,56-65H2,(H,68,78)(H,69,79). The molecule has 0 bridgehead atoms. The van der Waals surface area contributed by atoms with Crippen LogP contribution in [0.15, 0.2) is 48.5 Å². The van der Waals surface area contributed by atoms with Crippen LogP contribution in [0.4, 0.5) is 0 Å². The van der Waals surface area contributed by atoms with E-state index in [-0.39, 0.29) is 71.5 Å². The summed E-state index contributed by atoms with van der Waals surface area (Å²) in [5.41, 5.74) is 63.5. The molecule has 0 spiro atoms. The molecule has 2 amide bonds. The second kappa shape index (κ2) is 31.5. The largest absolute Gasteiger partial charge is 0.390 e. The van der Waals surface area contributed by atoms with Gasteiger partial charge in [-0.15, -0.1) is 0 Å². The highest BCUT2D eigenvalue weighted by Crippen LogP contribution is 2.34. The lowest BCUT2D eigenvalue weighted by molar-refractivity contribution is -0.311. The predicted molar refractivity (Wildman–Crippen MR) is 309 cm³/mol. The molecular weight excluding hydrogens is 1140 g/mol. The number of rotatable bonds is 24. The van der Waals surface area contributed by atoms with Crippen LogP contribution >= 0.6 is 0 Å². The zero-order valence-corrected chi connectivity index (χ0v) is 48.4. The fourth-order valence-corrected chi connectivity index (χ4v) is 12.1. The number of carbonyl (C=O) groups is 2. The summed E-state index contributed by atoms with van der Waals surface area (Å²) >= 11 is 0. The molecule has 492 valence electrons. The average Bonchev–Trinajstić information content (AvgIpc) is 3.04. The summed E-state index contributed by atoms with van der Waals surface area (Å²) in [7, 11) is 0. The van der Waals surface area contributed by atoms with Crippen LogP contribution in [0.1, 0.15) is 52.8 Å². The van der Waals surface area contributed by atoms with Gasteiger partial charge in [0.25, 0.3) is 11.8 Å². The van der Waals surface area contributed by atoms with Gasteiger partial charge >= 0.3 is 0 Å². The maximum atomic E-state index is 13.8. The highest BCUT2D eigenvalue weighted by Gasteiger charge is 2.53. The molecule has 32 N–H and O–H groups in total. The fourth-order valence-electron chi connectivity index (χ4n) is 12.1. The zero-order chi connectivity index (χ0) is 63.0. The van der Waals surface area contributed by atoms with Crippen LogP contribution in [0.25, 0.3) is 11.1 Å². The lowest BCUT2D eigenvalue weighted by Gasteiger charge is -2.48. The van der Waals surface area contributed by atoms with E-state index < -0.39 is 183 Å². The average molecular weight is 1240 g/mol. The van der Waals surface area contributed by atoms with Crippen LogP contribution in [-0.2, 0) is 37.9 Å². The molecule has 2 aliphatic carbocycles. The third-order valence-corrected chi connectivity index (χ3v) is 17.2. The number of hydrogen-bond acceptors (Lipinski definition) is 30. The van der Waals surface area contributed by atoms with E-state index in [1.807, 2.05) is 0 Å². The molecule has 0 radical (unpaired) electrons. The molecule has 4 aliphatic heterocycles. The molecule has 6 aliphatic rings. The Morgan fingerprint density at radius 3 is 1.18 bits per heavy atom. The van der Waals surface area contributed by atoms with Crippen molar-refractivity contribution in [1.29, 1.82) is 0 Å². The van der Waals surface area contributed by atoms with Crippen LogP contribution in [0.2, 0.25) is 0 Å². The van der Waals surface area contributed by atoms with Crippen LogP contribution in [0.5, 0.6) is 0 Å². The Hall–Kier alpha value is -3.74. The van der Waals surface area contributed by atoms with Gasteiger partial charge in [0.2, 0.25) is 0 Å². The first-order chi connectivity index (χ1) is 41.5. The van der Waals surface area contributed by atoms with Crippen LogP contribution in [-0.4, -0.2) is 276 Å². The number of ether oxygens (including phenoxy) is 8. The molecule has 2 aromatic carbocycles. The van der Waals surface area contributed by atoms with Gasteiger partial charge in [0.1, 0.15) is 61.0 Å². The summed E-state index contributed by atoms with van der Waals surface area (Å²) in [6, 6.07) is 6.49. The third kappa shape index (κ3) is 16.5. The molecule has 28 unspecified atom stereocenters. The number of aliphatic hydroxyl groups excluding tert-OH is 8. The minimum atomic E-state index is -1.54. The number of carbonyl (C=O) groups excluding carboxylic acids is 2. The summed E-state index contributed by atoms with van der Waals surface area (Å²) in [4.78, 5) is 27.5. The second-order valence-electron chi connectivity index (χ2n) is 23.6. The molecule has 8 rings (SSSR count). The molecule has 4 heterocycles. The Kier molecular flexibility index (Phi) is 25.1. The molecular formula is C55H94N14O18. The molecule has 4 saturated heterocycles. The van der Waals surface area contributed by atoms with Crippen LogP contribution < -0.4 is 78.6 Å². The molecule has 87 heavy (non-hydrogen) atoms. The molecule has 0 aromatic heterocycles. The van der Waals surface area contributed by atoms with Gasteiger partial charge in [0.15, 0.2) is 25.2 Å². The van der Waals surface area contributed by atoms with Crippen molar-refractivity contribution in [3.8, 4) is 11.1 Å². The monoisotopic (exact) mass is 1240 g/mol. The first kappa shape index (κ1) is 69.2. The van der Waals surface area contributed by atoms with Crippen molar-refractivity contribution in [2.45, 2.75) is 203 Å². The normalized spacial score (nSPS) is 41.9. The second-order valence-corrected chi connectivity index (χ2v) is 23.6. The van der Waals surface area contributed by atoms with E-state index >= 15 is 0 Å². The maximum Gasteiger partial charge on any atom is 0.251 e. The first-order valence-corrected chi connectivity index (χ1v) is 29.8. The van der Waals surface area contributed by atoms with Crippen molar-refractivity contribution in [2.75, 3.05) is 52.4 Å². The molecule has 28 atom stereocenters. The van der Waals surface area contributed by atoms with E-state index in [2.05, 4.69) is 21.3 Å². The minimum absolute atomic E-state index is 0.00155. The van der Waals surface area contributed by atoms with E-state index in [4.69, 9.17) is 95.2 Å². The third-order valence-electron chi connectivity index (χ3n) is 17.2. The van der Waals surface area contributed by atoms with Gasteiger partial charge in [0, 0.05) is 81.1 Å². The van der Waals surface area contributed by atoms with E-state index in [0.717, 1.165) is 0 Å². The summed E-state index contributed by atoms with van der Waals surface area (Å²) in [5, 5.41) is 99.8. The Morgan fingerprint density at radius 2 is 0.782 bits per heavy atom. The van der Waals surface area contributed by atoms with Gasteiger partial charge in [-0.1, -0.05) is 36.4 Å².